The molecule has 6 nitrogen and oxygen atoms in total. The lowest BCUT2D eigenvalue weighted by atomic mass is 10.1. The molecule has 0 saturated carbocycles. The first-order chi connectivity index (χ1) is 9.02. The highest BCUT2D eigenvalue weighted by Crippen LogP contribution is 2.21. The number of likely N-dealkylation sites (N-methyl/N-ethyl adjacent to an activating group) is 1. The number of anilines is 1. The lowest BCUT2D eigenvalue weighted by molar-refractivity contribution is 0.0775. The van der Waals surface area contributed by atoms with E-state index in [4.69, 9.17) is 5.84 Å². The molecule has 1 aliphatic rings. The zero-order valence-electron chi connectivity index (χ0n) is 11.6. The summed E-state index contributed by atoms with van der Waals surface area (Å²) >= 11 is 0. The first kappa shape index (κ1) is 13.8. The van der Waals surface area contributed by atoms with E-state index in [0.29, 0.717) is 23.3 Å². The fourth-order valence-electron chi connectivity index (χ4n) is 2.56. The van der Waals surface area contributed by atoms with Gasteiger partial charge in [0.1, 0.15) is 5.69 Å². The number of likely N-dealkylation sites (tertiary alicyclic amines) is 1. The van der Waals surface area contributed by atoms with Crippen molar-refractivity contribution in [2.24, 2.45) is 11.8 Å². The van der Waals surface area contributed by atoms with E-state index in [0.717, 1.165) is 13.1 Å². The highest BCUT2D eigenvalue weighted by Gasteiger charge is 2.34. The quantitative estimate of drug-likeness (QED) is 0.609. The van der Waals surface area contributed by atoms with E-state index < -0.39 is 0 Å². The fraction of sp³-hybridized carbons (Fsp3) is 0.538. The van der Waals surface area contributed by atoms with Gasteiger partial charge in [0.15, 0.2) is 0 Å². The summed E-state index contributed by atoms with van der Waals surface area (Å²) in [7, 11) is 4.10. The average molecular weight is 263 g/mol. The molecule has 3 N–H and O–H groups in total. The van der Waals surface area contributed by atoms with Crippen LogP contribution in [0.4, 0.5) is 5.69 Å². The van der Waals surface area contributed by atoms with E-state index in [1.165, 1.54) is 0 Å². The van der Waals surface area contributed by atoms with Gasteiger partial charge in [-0.1, -0.05) is 6.92 Å². The Hall–Kier alpha value is -1.66. The van der Waals surface area contributed by atoms with Crippen LogP contribution in [0.1, 0.15) is 17.4 Å². The number of rotatable bonds is 3. The second kappa shape index (κ2) is 5.54. The third-order valence-corrected chi connectivity index (χ3v) is 3.67. The number of aromatic nitrogens is 1. The van der Waals surface area contributed by atoms with Gasteiger partial charge in [-0.3, -0.25) is 10.6 Å². The number of hydrogen-bond donors (Lipinski definition) is 2. The largest absolute Gasteiger partial charge is 0.335 e. The molecule has 1 fully saturated rings. The van der Waals surface area contributed by atoms with E-state index in [-0.39, 0.29) is 5.91 Å². The van der Waals surface area contributed by atoms with Crippen molar-refractivity contribution in [2.45, 2.75) is 13.0 Å². The second-order valence-corrected chi connectivity index (χ2v) is 5.29. The van der Waals surface area contributed by atoms with Crippen LogP contribution >= 0.6 is 0 Å². The summed E-state index contributed by atoms with van der Waals surface area (Å²) in [5.41, 5.74) is 3.65. The molecule has 1 amide bonds. The molecule has 1 aromatic rings. The van der Waals surface area contributed by atoms with Crippen LogP contribution in [-0.2, 0) is 0 Å². The molecule has 1 aromatic heterocycles. The SMILES string of the molecule is CC1CN(C(=O)c2ccc(NN)cn2)CC1N(C)C. The van der Waals surface area contributed by atoms with Gasteiger partial charge in [0.2, 0.25) is 0 Å². The Kier molecular flexibility index (Phi) is 4.01. The minimum Gasteiger partial charge on any atom is -0.335 e. The Balaban J connectivity index is 2.08. The lowest BCUT2D eigenvalue weighted by Crippen LogP contribution is -2.36. The third-order valence-electron chi connectivity index (χ3n) is 3.67. The number of nitrogen functional groups attached to an aromatic ring is 1. The van der Waals surface area contributed by atoms with Crippen molar-refractivity contribution >= 4 is 11.6 Å². The number of nitrogens with one attached hydrogen (secondary N) is 1. The Morgan fingerprint density at radius 3 is 2.68 bits per heavy atom. The van der Waals surface area contributed by atoms with Crippen LogP contribution in [0.25, 0.3) is 0 Å². The van der Waals surface area contributed by atoms with Gasteiger partial charge in [0.25, 0.3) is 5.91 Å². The van der Waals surface area contributed by atoms with E-state index in [1.54, 1.807) is 18.3 Å². The maximum absolute atomic E-state index is 12.4. The van der Waals surface area contributed by atoms with Gasteiger partial charge in [-0.25, -0.2) is 4.98 Å². The number of amides is 1. The number of pyridine rings is 1. The maximum atomic E-state index is 12.4. The van der Waals surface area contributed by atoms with Crippen molar-refractivity contribution in [2.75, 3.05) is 32.6 Å². The zero-order valence-corrected chi connectivity index (χ0v) is 11.6. The molecule has 0 spiro atoms. The van der Waals surface area contributed by atoms with Gasteiger partial charge < -0.3 is 15.2 Å². The van der Waals surface area contributed by atoms with E-state index in [9.17, 15) is 4.79 Å². The predicted octanol–water partition coefficient (Wildman–Crippen LogP) is 0.389. The predicted molar refractivity (Wildman–Crippen MR) is 74.6 cm³/mol. The van der Waals surface area contributed by atoms with E-state index in [2.05, 4.69) is 36.3 Å². The number of nitrogens with zero attached hydrogens (tertiary/aromatic N) is 3. The average Bonchev–Trinajstić information content (AvgIpc) is 2.80. The van der Waals surface area contributed by atoms with Gasteiger partial charge in [-0.2, -0.15) is 0 Å². The highest BCUT2D eigenvalue weighted by molar-refractivity contribution is 5.92. The smallest absolute Gasteiger partial charge is 0.272 e. The van der Waals surface area contributed by atoms with E-state index >= 15 is 0 Å². The normalized spacial score (nSPS) is 22.9. The molecule has 0 aliphatic carbocycles. The number of carbonyl (C=O) groups is 1. The number of nitrogens with two attached hydrogens (primary N) is 1. The summed E-state index contributed by atoms with van der Waals surface area (Å²) in [5.74, 6) is 5.74. The zero-order chi connectivity index (χ0) is 14.0. The van der Waals surface area contributed by atoms with Gasteiger partial charge in [0, 0.05) is 19.1 Å². The van der Waals surface area contributed by atoms with E-state index in [1.807, 2.05) is 4.90 Å². The first-order valence-electron chi connectivity index (χ1n) is 6.41. The topological polar surface area (TPSA) is 74.5 Å². The van der Waals surface area contributed by atoms with Crippen LogP contribution in [-0.4, -0.2) is 53.9 Å². The third kappa shape index (κ3) is 2.85. The van der Waals surface area contributed by atoms with Crippen LogP contribution in [0.2, 0.25) is 0 Å². The summed E-state index contributed by atoms with van der Waals surface area (Å²) in [4.78, 5) is 20.5. The minimum absolute atomic E-state index is 0.0141. The Bertz CT molecular complexity index is 445. The van der Waals surface area contributed by atoms with Crippen molar-refractivity contribution < 1.29 is 4.79 Å². The molecule has 1 aliphatic heterocycles. The molecule has 0 bridgehead atoms. The van der Waals surface area contributed by atoms with Crippen LogP contribution in [0.3, 0.4) is 0 Å². The summed E-state index contributed by atoms with van der Waals surface area (Å²) in [6.45, 7) is 3.71. The summed E-state index contributed by atoms with van der Waals surface area (Å²) in [5, 5.41) is 0. The summed E-state index contributed by atoms with van der Waals surface area (Å²) in [6.07, 6.45) is 1.57. The highest BCUT2D eigenvalue weighted by atomic mass is 16.2. The van der Waals surface area contributed by atoms with Crippen LogP contribution in [0.15, 0.2) is 18.3 Å². The molecule has 2 atom stereocenters. The lowest BCUT2D eigenvalue weighted by Gasteiger charge is -2.22. The standard InChI is InChI=1S/C13H21N5O/c1-9-7-18(8-12(9)17(2)3)13(19)11-5-4-10(16-14)6-15-11/h4-6,9,12,16H,7-8,14H2,1-3H3. The van der Waals surface area contributed by atoms with Gasteiger partial charge in [0.05, 0.1) is 11.9 Å². The van der Waals surface area contributed by atoms with Crippen molar-refractivity contribution in [3.8, 4) is 0 Å². The second-order valence-electron chi connectivity index (χ2n) is 5.29. The molecule has 0 aromatic carbocycles. The van der Waals surface area contributed by atoms with Gasteiger partial charge in [-0.05, 0) is 32.1 Å². The number of hydrazine groups is 1. The maximum Gasteiger partial charge on any atom is 0.272 e. The first-order valence-corrected chi connectivity index (χ1v) is 6.41. The molecule has 1 saturated heterocycles. The fourth-order valence-corrected chi connectivity index (χ4v) is 2.56. The molecule has 2 unspecified atom stereocenters. The number of carbonyl (C=O) groups excluding carboxylic acids is 1. The van der Waals surface area contributed by atoms with Crippen LogP contribution in [0, 0.1) is 5.92 Å². The molecular weight excluding hydrogens is 242 g/mol. The monoisotopic (exact) mass is 263 g/mol. The molecule has 104 valence electrons. The molecule has 6 heteroatoms. The summed E-state index contributed by atoms with van der Waals surface area (Å²) in [6, 6.07) is 3.86. The Morgan fingerprint density at radius 1 is 1.47 bits per heavy atom. The van der Waals surface area contributed by atoms with Crippen molar-refractivity contribution in [1.29, 1.82) is 0 Å². The minimum atomic E-state index is -0.0141. The number of hydrogen-bond acceptors (Lipinski definition) is 5. The van der Waals surface area contributed by atoms with Crippen molar-refractivity contribution in [3.63, 3.8) is 0 Å². The molecular formula is C13H21N5O. The van der Waals surface area contributed by atoms with Crippen LogP contribution in [0.5, 0.6) is 0 Å². The summed E-state index contributed by atoms with van der Waals surface area (Å²) < 4.78 is 0. The molecule has 0 radical (unpaired) electrons. The van der Waals surface area contributed by atoms with Crippen LogP contribution < -0.4 is 11.3 Å². The van der Waals surface area contributed by atoms with Gasteiger partial charge >= 0.3 is 0 Å². The van der Waals surface area contributed by atoms with Crippen molar-refractivity contribution in [1.82, 2.24) is 14.8 Å². The molecule has 2 heterocycles. The molecule has 2 rings (SSSR count). The molecule has 19 heavy (non-hydrogen) atoms. The van der Waals surface area contributed by atoms with Crippen molar-refractivity contribution in [3.05, 3.63) is 24.0 Å². The van der Waals surface area contributed by atoms with Gasteiger partial charge in [-0.15, -0.1) is 0 Å². The Labute approximate surface area is 113 Å². The Morgan fingerprint density at radius 2 is 2.21 bits per heavy atom.